The Kier molecular flexibility index (Phi) is 5.22. The summed E-state index contributed by atoms with van der Waals surface area (Å²) in [6.07, 6.45) is 7.27. The molecule has 3 N–H and O–H groups in total. The van der Waals surface area contributed by atoms with Crippen LogP contribution < -0.4 is 11.1 Å². The molecular formula is C16H23BrN2O. The number of nitrogens with one attached hydrogen (secondary N) is 1. The molecule has 0 saturated heterocycles. The number of primary amides is 1. The average molecular weight is 339 g/mol. The summed E-state index contributed by atoms with van der Waals surface area (Å²) < 4.78 is 0.919. The highest BCUT2D eigenvalue weighted by atomic mass is 79.9. The van der Waals surface area contributed by atoms with Crippen LogP contribution in [-0.2, 0) is 10.3 Å². The summed E-state index contributed by atoms with van der Waals surface area (Å²) in [6, 6.07) is 8.16. The molecule has 3 nitrogen and oxygen atoms in total. The molecular weight excluding hydrogens is 316 g/mol. The van der Waals surface area contributed by atoms with Crippen LogP contribution in [0, 0.1) is 0 Å². The Morgan fingerprint density at radius 3 is 2.40 bits per heavy atom. The molecule has 1 unspecified atom stereocenters. The number of amides is 1. The van der Waals surface area contributed by atoms with Crippen molar-refractivity contribution >= 4 is 21.8 Å². The van der Waals surface area contributed by atoms with Crippen molar-refractivity contribution in [2.24, 2.45) is 5.73 Å². The highest BCUT2D eigenvalue weighted by Gasteiger charge is 2.36. The number of rotatable bonds is 4. The van der Waals surface area contributed by atoms with Crippen molar-refractivity contribution in [3.8, 4) is 0 Å². The Bertz CT molecular complexity index is 469. The fraction of sp³-hybridized carbons (Fsp3) is 0.562. The molecule has 1 aliphatic carbocycles. The van der Waals surface area contributed by atoms with Gasteiger partial charge in [-0.25, -0.2) is 0 Å². The van der Waals surface area contributed by atoms with E-state index >= 15 is 0 Å². The first-order valence-corrected chi connectivity index (χ1v) is 8.16. The van der Waals surface area contributed by atoms with Gasteiger partial charge in [-0.05, 0) is 31.4 Å². The molecule has 0 spiro atoms. The lowest BCUT2D eigenvalue weighted by molar-refractivity contribution is -0.124. The first kappa shape index (κ1) is 15.5. The molecule has 0 aromatic heterocycles. The molecule has 4 heteroatoms. The van der Waals surface area contributed by atoms with E-state index < -0.39 is 5.54 Å². The molecule has 2 rings (SSSR count). The monoisotopic (exact) mass is 338 g/mol. The Labute approximate surface area is 129 Å². The topological polar surface area (TPSA) is 55.1 Å². The largest absolute Gasteiger partial charge is 0.368 e. The smallest absolute Gasteiger partial charge is 0.242 e. The minimum Gasteiger partial charge on any atom is -0.368 e. The molecule has 1 aromatic rings. The zero-order chi connectivity index (χ0) is 14.6. The van der Waals surface area contributed by atoms with Crippen LogP contribution in [0.5, 0.6) is 0 Å². The van der Waals surface area contributed by atoms with E-state index in [9.17, 15) is 4.79 Å². The van der Waals surface area contributed by atoms with Crippen LogP contribution in [0.4, 0.5) is 0 Å². The maximum atomic E-state index is 12.1. The van der Waals surface area contributed by atoms with E-state index in [1.807, 2.05) is 31.2 Å². The first-order chi connectivity index (χ1) is 9.54. The molecule has 1 atom stereocenters. The van der Waals surface area contributed by atoms with Crippen LogP contribution in [0.25, 0.3) is 0 Å². The number of carbonyl (C=O) groups excluding carboxylic acids is 1. The second-order valence-corrected chi connectivity index (χ2v) is 6.66. The van der Waals surface area contributed by atoms with Gasteiger partial charge in [0.15, 0.2) is 0 Å². The molecule has 0 aliphatic heterocycles. The summed E-state index contributed by atoms with van der Waals surface area (Å²) in [5.74, 6) is -0.325. The van der Waals surface area contributed by atoms with Crippen molar-refractivity contribution < 1.29 is 4.79 Å². The number of nitrogens with two attached hydrogens (primary N) is 1. The van der Waals surface area contributed by atoms with Crippen molar-refractivity contribution in [3.63, 3.8) is 0 Å². The third-order valence-electron chi connectivity index (χ3n) is 4.25. The van der Waals surface area contributed by atoms with Gasteiger partial charge in [-0.3, -0.25) is 10.1 Å². The molecule has 0 bridgehead atoms. The zero-order valence-corrected chi connectivity index (χ0v) is 13.6. The zero-order valence-electron chi connectivity index (χ0n) is 12.0. The summed E-state index contributed by atoms with van der Waals surface area (Å²) in [6.45, 7) is 1.89. The minimum atomic E-state index is -0.824. The Morgan fingerprint density at radius 1 is 1.25 bits per heavy atom. The third-order valence-corrected chi connectivity index (χ3v) is 4.94. The summed E-state index contributed by atoms with van der Waals surface area (Å²) in [4.78, 5) is 12.1. The predicted octanol–water partition coefficient (Wildman–Crippen LogP) is 3.46. The molecule has 0 heterocycles. The van der Waals surface area contributed by atoms with E-state index in [0.29, 0.717) is 6.04 Å². The van der Waals surface area contributed by atoms with Gasteiger partial charge in [0.1, 0.15) is 5.54 Å². The number of halogens is 1. The van der Waals surface area contributed by atoms with E-state index in [1.165, 1.54) is 25.7 Å². The second-order valence-electron chi connectivity index (χ2n) is 5.80. The second kappa shape index (κ2) is 6.72. The SMILES string of the molecule is CC(NC1CCCCCC1)(C(N)=O)c1ccccc1Br. The molecule has 1 saturated carbocycles. The summed E-state index contributed by atoms with van der Waals surface area (Å²) in [5.41, 5.74) is 5.80. The van der Waals surface area contributed by atoms with Gasteiger partial charge < -0.3 is 5.73 Å². The minimum absolute atomic E-state index is 0.325. The van der Waals surface area contributed by atoms with Crippen LogP contribution in [-0.4, -0.2) is 11.9 Å². The molecule has 1 aliphatic rings. The summed E-state index contributed by atoms with van der Waals surface area (Å²) in [7, 11) is 0. The highest BCUT2D eigenvalue weighted by Crippen LogP contribution is 2.30. The lowest BCUT2D eigenvalue weighted by atomic mass is 9.89. The van der Waals surface area contributed by atoms with E-state index in [1.54, 1.807) is 0 Å². The lowest BCUT2D eigenvalue weighted by Gasteiger charge is -2.33. The van der Waals surface area contributed by atoms with Crippen LogP contribution in [0.3, 0.4) is 0 Å². The number of benzene rings is 1. The van der Waals surface area contributed by atoms with Crippen molar-refractivity contribution in [1.82, 2.24) is 5.32 Å². The van der Waals surface area contributed by atoms with Crippen molar-refractivity contribution in [2.75, 3.05) is 0 Å². The number of carbonyl (C=O) groups is 1. The van der Waals surface area contributed by atoms with Crippen LogP contribution in [0.15, 0.2) is 28.7 Å². The van der Waals surface area contributed by atoms with Gasteiger partial charge in [0.2, 0.25) is 5.91 Å². The molecule has 1 aromatic carbocycles. The maximum Gasteiger partial charge on any atom is 0.242 e. The highest BCUT2D eigenvalue weighted by molar-refractivity contribution is 9.10. The van der Waals surface area contributed by atoms with E-state index in [-0.39, 0.29) is 5.91 Å². The van der Waals surface area contributed by atoms with Gasteiger partial charge in [0.25, 0.3) is 0 Å². The fourth-order valence-electron chi connectivity index (χ4n) is 2.98. The standard InChI is InChI=1S/C16H23BrN2O/c1-16(15(18)20,13-10-6-7-11-14(13)17)19-12-8-4-2-3-5-9-12/h6-7,10-12,19H,2-5,8-9H2,1H3,(H2,18,20). The quantitative estimate of drug-likeness (QED) is 0.826. The van der Waals surface area contributed by atoms with E-state index in [0.717, 1.165) is 22.9 Å². The van der Waals surface area contributed by atoms with Crippen molar-refractivity contribution in [3.05, 3.63) is 34.3 Å². The number of hydrogen-bond donors (Lipinski definition) is 2. The van der Waals surface area contributed by atoms with Crippen LogP contribution in [0.2, 0.25) is 0 Å². The predicted molar refractivity (Wildman–Crippen MR) is 85.3 cm³/mol. The molecule has 0 radical (unpaired) electrons. The third kappa shape index (κ3) is 3.41. The average Bonchev–Trinajstić information content (AvgIpc) is 2.67. The van der Waals surface area contributed by atoms with Gasteiger partial charge in [-0.1, -0.05) is 59.8 Å². The van der Waals surface area contributed by atoms with Gasteiger partial charge in [0, 0.05) is 10.5 Å². The van der Waals surface area contributed by atoms with E-state index in [4.69, 9.17) is 5.73 Å². The lowest BCUT2D eigenvalue weighted by Crippen LogP contribution is -2.54. The van der Waals surface area contributed by atoms with Crippen molar-refractivity contribution in [2.45, 2.75) is 57.0 Å². The Hall–Kier alpha value is -0.870. The summed E-state index contributed by atoms with van der Waals surface area (Å²) >= 11 is 3.53. The number of hydrogen-bond acceptors (Lipinski definition) is 2. The van der Waals surface area contributed by atoms with Crippen LogP contribution >= 0.6 is 15.9 Å². The van der Waals surface area contributed by atoms with Gasteiger partial charge in [-0.2, -0.15) is 0 Å². The maximum absolute atomic E-state index is 12.1. The Balaban J connectivity index is 2.25. The normalized spacial score (nSPS) is 20.1. The molecule has 1 fully saturated rings. The Morgan fingerprint density at radius 2 is 1.85 bits per heavy atom. The van der Waals surface area contributed by atoms with Crippen molar-refractivity contribution in [1.29, 1.82) is 0 Å². The molecule has 110 valence electrons. The molecule has 20 heavy (non-hydrogen) atoms. The fourth-order valence-corrected chi connectivity index (χ4v) is 3.66. The summed E-state index contributed by atoms with van der Waals surface area (Å²) in [5, 5.41) is 3.52. The molecule has 1 amide bonds. The van der Waals surface area contributed by atoms with Crippen LogP contribution in [0.1, 0.15) is 51.0 Å². The first-order valence-electron chi connectivity index (χ1n) is 7.36. The van der Waals surface area contributed by atoms with Gasteiger partial charge in [-0.15, -0.1) is 0 Å². The van der Waals surface area contributed by atoms with E-state index in [2.05, 4.69) is 21.2 Å². The van der Waals surface area contributed by atoms with Gasteiger partial charge in [0.05, 0.1) is 0 Å². The van der Waals surface area contributed by atoms with Gasteiger partial charge >= 0.3 is 0 Å².